The number of rotatable bonds is 8. The normalized spacial score (nSPS) is 13.0. The van der Waals surface area contributed by atoms with Gasteiger partial charge in [0.1, 0.15) is 15.6 Å². The standard InChI is InChI=1S/C23H26N4O8S2/c1-4-34-21(29)17-13(3)18(22(30)35-5-2)37-20(17)25-23(36)24-19(28)14-6-7-15(16(12-14)27(31)32)26-8-10-33-11-9-26/h6-7,12H,4-5,8-11H2,1-3H3,(H2,24,25,28,36). The predicted octanol–water partition coefficient (Wildman–Crippen LogP) is 3.28. The highest BCUT2D eigenvalue weighted by atomic mass is 32.1. The number of hydrogen-bond acceptors (Lipinski definition) is 11. The first-order chi connectivity index (χ1) is 17.7. The smallest absolute Gasteiger partial charge is 0.348 e. The lowest BCUT2D eigenvalue weighted by atomic mass is 10.1. The number of nitro groups is 1. The van der Waals surface area contributed by atoms with Crippen molar-refractivity contribution in [1.82, 2.24) is 5.32 Å². The number of nitro benzene ring substituents is 1. The lowest BCUT2D eigenvalue weighted by Crippen LogP contribution is -2.37. The van der Waals surface area contributed by atoms with E-state index in [2.05, 4.69) is 10.6 Å². The highest BCUT2D eigenvalue weighted by Gasteiger charge is 2.28. The number of carbonyl (C=O) groups excluding carboxylic acids is 3. The Kier molecular flexibility index (Phi) is 9.49. The van der Waals surface area contributed by atoms with E-state index in [4.69, 9.17) is 26.4 Å². The number of benzene rings is 1. The maximum atomic E-state index is 12.8. The summed E-state index contributed by atoms with van der Waals surface area (Å²) < 4.78 is 15.4. The van der Waals surface area contributed by atoms with Gasteiger partial charge in [0.05, 0.1) is 36.9 Å². The number of thiocarbonyl (C=S) groups is 1. The number of ether oxygens (including phenoxy) is 3. The van der Waals surface area contributed by atoms with E-state index >= 15 is 0 Å². The van der Waals surface area contributed by atoms with Crippen molar-refractivity contribution in [3.05, 3.63) is 49.9 Å². The molecule has 1 aliphatic rings. The van der Waals surface area contributed by atoms with Gasteiger partial charge in [-0.25, -0.2) is 9.59 Å². The molecule has 0 aliphatic carbocycles. The molecule has 1 fully saturated rings. The summed E-state index contributed by atoms with van der Waals surface area (Å²) in [6, 6.07) is 4.16. The van der Waals surface area contributed by atoms with Gasteiger partial charge in [0.15, 0.2) is 5.11 Å². The maximum absolute atomic E-state index is 12.8. The van der Waals surface area contributed by atoms with E-state index in [9.17, 15) is 24.5 Å². The number of morpholine rings is 1. The van der Waals surface area contributed by atoms with Crippen LogP contribution in [0.2, 0.25) is 0 Å². The van der Waals surface area contributed by atoms with Crippen LogP contribution in [0.15, 0.2) is 18.2 Å². The Morgan fingerprint density at radius 2 is 1.81 bits per heavy atom. The summed E-state index contributed by atoms with van der Waals surface area (Å²) in [7, 11) is 0. The third-order valence-corrected chi connectivity index (χ3v) is 6.72. The van der Waals surface area contributed by atoms with Crippen LogP contribution >= 0.6 is 23.6 Å². The van der Waals surface area contributed by atoms with Crippen molar-refractivity contribution in [2.75, 3.05) is 49.7 Å². The second-order valence-electron chi connectivity index (χ2n) is 7.67. The van der Waals surface area contributed by atoms with Crippen molar-refractivity contribution >= 4 is 62.9 Å². The largest absolute Gasteiger partial charge is 0.462 e. The number of anilines is 2. The van der Waals surface area contributed by atoms with E-state index in [0.717, 1.165) is 11.3 Å². The number of nitrogens with zero attached hydrogens (tertiary/aromatic N) is 2. The monoisotopic (exact) mass is 550 g/mol. The molecule has 1 amide bonds. The summed E-state index contributed by atoms with van der Waals surface area (Å²) in [6.07, 6.45) is 0. The first kappa shape index (κ1) is 28.0. The zero-order valence-electron chi connectivity index (χ0n) is 20.5. The molecule has 0 unspecified atom stereocenters. The van der Waals surface area contributed by atoms with Crippen LogP contribution in [0.5, 0.6) is 0 Å². The van der Waals surface area contributed by atoms with Crippen molar-refractivity contribution in [1.29, 1.82) is 0 Å². The summed E-state index contributed by atoms with van der Waals surface area (Å²) >= 11 is 6.18. The molecule has 37 heavy (non-hydrogen) atoms. The van der Waals surface area contributed by atoms with Gasteiger partial charge in [-0.3, -0.25) is 20.2 Å². The summed E-state index contributed by atoms with van der Waals surface area (Å²) in [6.45, 7) is 7.05. The van der Waals surface area contributed by atoms with Crippen molar-refractivity contribution in [2.45, 2.75) is 20.8 Å². The molecular formula is C23H26N4O8S2. The molecule has 0 atom stereocenters. The fraction of sp³-hybridized carbons (Fsp3) is 0.391. The molecule has 3 rings (SSSR count). The van der Waals surface area contributed by atoms with Crippen molar-refractivity contribution < 1.29 is 33.5 Å². The van der Waals surface area contributed by atoms with Gasteiger partial charge in [-0.2, -0.15) is 0 Å². The van der Waals surface area contributed by atoms with Gasteiger partial charge in [-0.05, 0) is 50.7 Å². The molecule has 0 bridgehead atoms. The Morgan fingerprint density at radius 3 is 2.43 bits per heavy atom. The summed E-state index contributed by atoms with van der Waals surface area (Å²) in [4.78, 5) is 50.9. The number of esters is 2. The van der Waals surface area contributed by atoms with Crippen molar-refractivity contribution in [3.8, 4) is 0 Å². The molecule has 2 heterocycles. The van der Waals surface area contributed by atoms with Crippen LogP contribution in [-0.2, 0) is 14.2 Å². The number of amides is 1. The van der Waals surface area contributed by atoms with Gasteiger partial charge >= 0.3 is 11.9 Å². The van der Waals surface area contributed by atoms with Gasteiger partial charge in [-0.1, -0.05) is 0 Å². The van der Waals surface area contributed by atoms with Gasteiger partial charge in [0.2, 0.25) is 0 Å². The Bertz CT molecular complexity index is 1220. The minimum Gasteiger partial charge on any atom is -0.462 e. The lowest BCUT2D eigenvalue weighted by Gasteiger charge is -2.28. The number of carbonyl (C=O) groups is 3. The SMILES string of the molecule is CCOC(=O)c1sc(NC(=S)NC(=O)c2ccc(N3CCOCC3)c([N+](=O)[O-])c2)c(C(=O)OCC)c1C. The second kappa shape index (κ2) is 12.6. The van der Waals surface area contributed by atoms with Gasteiger partial charge in [-0.15, -0.1) is 11.3 Å². The maximum Gasteiger partial charge on any atom is 0.348 e. The number of thiophene rings is 1. The molecule has 14 heteroatoms. The molecular weight excluding hydrogens is 524 g/mol. The van der Waals surface area contributed by atoms with Gasteiger partial charge < -0.3 is 24.4 Å². The molecule has 1 saturated heterocycles. The van der Waals surface area contributed by atoms with E-state index in [1.807, 2.05) is 4.90 Å². The summed E-state index contributed by atoms with van der Waals surface area (Å²) in [5.74, 6) is -1.96. The quantitative estimate of drug-likeness (QED) is 0.216. The van der Waals surface area contributed by atoms with E-state index in [-0.39, 0.29) is 45.0 Å². The first-order valence-electron chi connectivity index (χ1n) is 11.4. The topological polar surface area (TPSA) is 149 Å². The first-order valence-corrected chi connectivity index (χ1v) is 12.6. The number of nitrogens with one attached hydrogen (secondary N) is 2. The minimum absolute atomic E-state index is 0.0213. The molecule has 0 spiro atoms. The second-order valence-corrected chi connectivity index (χ2v) is 9.10. The van der Waals surface area contributed by atoms with E-state index < -0.39 is 22.8 Å². The Morgan fingerprint density at radius 1 is 1.16 bits per heavy atom. The predicted molar refractivity (Wildman–Crippen MR) is 141 cm³/mol. The third kappa shape index (κ3) is 6.58. The van der Waals surface area contributed by atoms with Crippen molar-refractivity contribution in [2.24, 2.45) is 0 Å². The number of hydrogen-bond donors (Lipinski definition) is 2. The summed E-state index contributed by atoms with van der Waals surface area (Å²) in [5.41, 5.74) is 0.647. The zero-order valence-corrected chi connectivity index (χ0v) is 22.1. The molecule has 12 nitrogen and oxygen atoms in total. The van der Waals surface area contributed by atoms with Crippen molar-refractivity contribution in [3.63, 3.8) is 0 Å². The van der Waals surface area contributed by atoms with Crippen LogP contribution < -0.4 is 15.5 Å². The molecule has 1 aliphatic heterocycles. The van der Waals surface area contributed by atoms with E-state index in [0.29, 0.717) is 37.6 Å². The van der Waals surface area contributed by atoms with Crippen LogP contribution in [-0.4, -0.2) is 67.4 Å². The zero-order chi connectivity index (χ0) is 27.1. The fourth-order valence-electron chi connectivity index (χ4n) is 3.63. The van der Waals surface area contributed by atoms with Crippen LogP contribution in [0.25, 0.3) is 0 Å². The van der Waals surface area contributed by atoms with Crippen LogP contribution in [0.3, 0.4) is 0 Å². The van der Waals surface area contributed by atoms with E-state index in [1.165, 1.54) is 18.2 Å². The van der Waals surface area contributed by atoms with Crippen LogP contribution in [0.4, 0.5) is 16.4 Å². The third-order valence-electron chi connectivity index (χ3n) is 5.33. The molecule has 2 N–H and O–H groups in total. The molecule has 0 radical (unpaired) electrons. The average Bonchev–Trinajstić information content (AvgIpc) is 3.19. The average molecular weight is 551 g/mol. The Hall–Kier alpha value is -3.62. The molecule has 1 aromatic heterocycles. The van der Waals surface area contributed by atoms with Crippen LogP contribution in [0, 0.1) is 17.0 Å². The molecule has 2 aromatic rings. The van der Waals surface area contributed by atoms with Gasteiger partial charge in [0.25, 0.3) is 11.6 Å². The van der Waals surface area contributed by atoms with Crippen LogP contribution in [0.1, 0.15) is 49.8 Å². The highest BCUT2D eigenvalue weighted by Crippen LogP contribution is 2.34. The fourth-order valence-corrected chi connectivity index (χ4v) is 4.99. The van der Waals surface area contributed by atoms with E-state index in [1.54, 1.807) is 20.8 Å². The Balaban J connectivity index is 1.81. The highest BCUT2D eigenvalue weighted by molar-refractivity contribution is 7.80. The molecule has 198 valence electrons. The Labute approximate surface area is 222 Å². The lowest BCUT2D eigenvalue weighted by molar-refractivity contribution is -0.384. The van der Waals surface area contributed by atoms with Gasteiger partial charge in [0, 0.05) is 24.7 Å². The molecule has 1 aromatic carbocycles. The summed E-state index contributed by atoms with van der Waals surface area (Å²) in [5, 5.41) is 16.9. The molecule has 0 saturated carbocycles. The minimum atomic E-state index is -0.689.